The molecule has 0 radical (unpaired) electrons. The quantitative estimate of drug-likeness (QED) is 0.711. The molecule has 0 aliphatic heterocycles. The second-order valence-corrected chi connectivity index (χ2v) is 3.14. The van der Waals surface area contributed by atoms with Crippen molar-refractivity contribution in [3.05, 3.63) is 24.5 Å². The van der Waals surface area contributed by atoms with Crippen molar-refractivity contribution in [3.63, 3.8) is 0 Å². The molecule has 1 aromatic rings. The van der Waals surface area contributed by atoms with Crippen molar-refractivity contribution in [2.75, 3.05) is 5.32 Å². The number of hydrogen-bond acceptors (Lipinski definition) is 3. The number of carboxylic acid groups (broad SMARTS) is 1. The summed E-state index contributed by atoms with van der Waals surface area (Å²) in [5.74, 6) is -1.05. The van der Waals surface area contributed by atoms with Crippen molar-refractivity contribution in [1.29, 1.82) is 0 Å². The fraction of sp³-hybridized carbons (Fsp3) is 0.300. The number of pyridine rings is 1. The molecule has 86 valence electrons. The number of carbonyl (C=O) groups is 2. The summed E-state index contributed by atoms with van der Waals surface area (Å²) in [7, 11) is 0. The zero-order valence-corrected chi connectivity index (χ0v) is 8.80. The first-order chi connectivity index (χ1) is 7.63. The van der Waals surface area contributed by atoms with E-state index in [-0.39, 0.29) is 0 Å². The Morgan fingerprint density at radius 2 is 2.31 bits per heavy atom. The third-order valence-corrected chi connectivity index (χ3v) is 1.93. The number of carbonyl (C=O) groups excluding carboxylic acids is 1. The van der Waals surface area contributed by atoms with E-state index in [1.807, 2.05) is 0 Å². The number of anilines is 1. The molecule has 1 aromatic heterocycles. The maximum Gasteiger partial charge on any atom is 0.326 e. The molecule has 0 aromatic carbocycles. The average molecular weight is 223 g/mol. The summed E-state index contributed by atoms with van der Waals surface area (Å²) in [4.78, 5) is 25.8. The van der Waals surface area contributed by atoms with Crippen LogP contribution in [0.4, 0.5) is 10.5 Å². The van der Waals surface area contributed by atoms with Gasteiger partial charge in [0.05, 0.1) is 11.9 Å². The highest BCUT2D eigenvalue weighted by atomic mass is 16.4. The smallest absolute Gasteiger partial charge is 0.326 e. The van der Waals surface area contributed by atoms with Gasteiger partial charge in [0.15, 0.2) is 0 Å². The van der Waals surface area contributed by atoms with Gasteiger partial charge in [-0.2, -0.15) is 0 Å². The minimum Gasteiger partial charge on any atom is -0.480 e. The summed E-state index contributed by atoms with van der Waals surface area (Å²) in [6.07, 6.45) is 3.38. The summed E-state index contributed by atoms with van der Waals surface area (Å²) in [6.45, 7) is 1.68. The molecule has 6 heteroatoms. The molecule has 0 saturated heterocycles. The molecule has 0 aliphatic carbocycles. The van der Waals surface area contributed by atoms with Crippen LogP contribution in [-0.2, 0) is 4.79 Å². The van der Waals surface area contributed by atoms with Gasteiger partial charge in [0.2, 0.25) is 0 Å². The van der Waals surface area contributed by atoms with E-state index < -0.39 is 18.0 Å². The molecular formula is C10H13N3O3. The van der Waals surface area contributed by atoms with Crippen LogP contribution in [0.1, 0.15) is 13.3 Å². The van der Waals surface area contributed by atoms with Gasteiger partial charge < -0.3 is 15.7 Å². The van der Waals surface area contributed by atoms with E-state index in [2.05, 4.69) is 15.6 Å². The van der Waals surface area contributed by atoms with E-state index in [1.54, 1.807) is 25.3 Å². The van der Waals surface area contributed by atoms with Crippen LogP contribution in [0.2, 0.25) is 0 Å². The van der Waals surface area contributed by atoms with E-state index in [0.717, 1.165) is 0 Å². The van der Waals surface area contributed by atoms with Crippen LogP contribution in [0.25, 0.3) is 0 Å². The molecule has 1 rings (SSSR count). The van der Waals surface area contributed by atoms with Crippen molar-refractivity contribution in [2.45, 2.75) is 19.4 Å². The zero-order chi connectivity index (χ0) is 12.0. The second kappa shape index (κ2) is 5.69. The van der Waals surface area contributed by atoms with Crippen LogP contribution in [0.15, 0.2) is 24.5 Å². The minimum atomic E-state index is -1.05. The monoisotopic (exact) mass is 223 g/mol. The number of hydrogen-bond donors (Lipinski definition) is 3. The van der Waals surface area contributed by atoms with Crippen LogP contribution < -0.4 is 10.6 Å². The van der Waals surface area contributed by atoms with Crippen LogP contribution in [0.5, 0.6) is 0 Å². The lowest BCUT2D eigenvalue weighted by Gasteiger charge is -2.12. The van der Waals surface area contributed by atoms with Crippen LogP contribution in [0.3, 0.4) is 0 Å². The number of nitrogens with one attached hydrogen (secondary N) is 2. The number of aromatic nitrogens is 1. The Morgan fingerprint density at radius 1 is 1.56 bits per heavy atom. The van der Waals surface area contributed by atoms with Gasteiger partial charge in [-0.15, -0.1) is 0 Å². The molecule has 16 heavy (non-hydrogen) atoms. The number of nitrogens with zero attached hydrogens (tertiary/aromatic N) is 1. The maximum absolute atomic E-state index is 11.4. The number of rotatable bonds is 4. The Kier molecular flexibility index (Phi) is 4.26. The summed E-state index contributed by atoms with van der Waals surface area (Å²) < 4.78 is 0. The zero-order valence-electron chi connectivity index (χ0n) is 8.80. The number of amides is 2. The third kappa shape index (κ3) is 3.56. The fourth-order valence-electron chi connectivity index (χ4n) is 1.10. The van der Waals surface area contributed by atoms with Gasteiger partial charge in [0, 0.05) is 6.20 Å². The van der Waals surface area contributed by atoms with Gasteiger partial charge in [-0.3, -0.25) is 4.98 Å². The van der Waals surface area contributed by atoms with Gasteiger partial charge >= 0.3 is 12.0 Å². The SMILES string of the molecule is CCC(NC(=O)Nc1cccnc1)C(=O)O. The average Bonchev–Trinajstić information content (AvgIpc) is 2.27. The van der Waals surface area contributed by atoms with Crippen molar-refractivity contribution in [2.24, 2.45) is 0 Å². The van der Waals surface area contributed by atoms with Crippen LogP contribution >= 0.6 is 0 Å². The van der Waals surface area contributed by atoms with Crippen molar-refractivity contribution in [3.8, 4) is 0 Å². The predicted octanol–water partition coefficient (Wildman–Crippen LogP) is 1.07. The molecule has 1 atom stereocenters. The summed E-state index contributed by atoms with van der Waals surface area (Å²) in [5.41, 5.74) is 0.514. The molecule has 1 heterocycles. The van der Waals surface area contributed by atoms with E-state index in [0.29, 0.717) is 12.1 Å². The van der Waals surface area contributed by atoms with Gasteiger partial charge in [-0.05, 0) is 18.6 Å². The van der Waals surface area contributed by atoms with E-state index in [4.69, 9.17) is 5.11 Å². The lowest BCUT2D eigenvalue weighted by Crippen LogP contribution is -2.42. The molecule has 0 aliphatic rings. The third-order valence-electron chi connectivity index (χ3n) is 1.93. The topological polar surface area (TPSA) is 91.3 Å². The Hall–Kier alpha value is -2.11. The van der Waals surface area contributed by atoms with Crippen molar-refractivity contribution >= 4 is 17.7 Å². The maximum atomic E-state index is 11.4. The van der Waals surface area contributed by atoms with E-state index in [9.17, 15) is 9.59 Å². The highest BCUT2D eigenvalue weighted by molar-refractivity contribution is 5.91. The molecular weight excluding hydrogens is 210 g/mol. The molecule has 0 fully saturated rings. The Bertz CT molecular complexity index is 367. The van der Waals surface area contributed by atoms with Crippen LogP contribution in [0, 0.1) is 0 Å². The molecule has 0 spiro atoms. The standard InChI is InChI=1S/C10H13N3O3/c1-2-8(9(14)15)13-10(16)12-7-4-3-5-11-6-7/h3-6,8H,2H2,1H3,(H,14,15)(H2,12,13,16). The number of urea groups is 1. The lowest BCUT2D eigenvalue weighted by atomic mass is 10.2. The Morgan fingerprint density at radius 3 is 2.81 bits per heavy atom. The number of aliphatic carboxylic acids is 1. The van der Waals surface area contributed by atoms with E-state index >= 15 is 0 Å². The first-order valence-corrected chi connectivity index (χ1v) is 4.83. The predicted molar refractivity (Wildman–Crippen MR) is 58.1 cm³/mol. The first kappa shape index (κ1) is 12.0. The number of carboxylic acids is 1. The molecule has 0 bridgehead atoms. The van der Waals surface area contributed by atoms with Gasteiger partial charge in [-0.1, -0.05) is 6.92 Å². The fourth-order valence-corrected chi connectivity index (χ4v) is 1.10. The Labute approximate surface area is 92.7 Å². The van der Waals surface area contributed by atoms with Crippen molar-refractivity contribution in [1.82, 2.24) is 10.3 Å². The summed E-state index contributed by atoms with van der Waals surface area (Å²) in [6, 6.07) is 1.90. The van der Waals surface area contributed by atoms with Gasteiger partial charge in [0.1, 0.15) is 6.04 Å². The molecule has 2 amide bonds. The van der Waals surface area contributed by atoms with E-state index in [1.165, 1.54) is 6.20 Å². The summed E-state index contributed by atoms with van der Waals surface area (Å²) in [5, 5.41) is 13.6. The normalized spacial score (nSPS) is 11.6. The lowest BCUT2D eigenvalue weighted by molar-refractivity contribution is -0.139. The molecule has 6 nitrogen and oxygen atoms in total. The second-order valence-electron chi connectivity index (χ2n) is 3.14. The van der Waals surface area contributed by atoms with Crippen LogP contribution in [-0.4, -0.2) is 28.1 Å². The van der Waals surface area contributed by atoms with Crippen molar-refractivity contribution < 1.29 is 14.7 Å². The summed E-state index contributed by atoms with van der Waals surface area (Å²) >= 11 is 0. The van der Waals surface area contributed by atoms with Gasteiger partial charge in [0.25, 0.3) is 0 Å². The highest BCUT2D eigenvalue weighted by Crippen LogP contribution is 2.02. The largest absolute Gasteiger partial charge is 0.480 e. The highest BCUT2D eigenvalue weighted by Gasteiger charge is 2.17. The first-order valence-electron chi connectivity index (χ1n) is 4.83. The molecule has 1 unspecified atom stereocenters. The molecule has 0 saturated carbocycles. The Balaban J connectivity index is 2.50. The minimum absolute atomic E-state index is 0.329. The molecule has 3 N–H and O–H groups in total. The van der Waals surface area contributed by atoms with Gasteiger partial charge in [-0.25, -0.2) is 9.59 Å².